The normalized spacial score (nSPS) is 10.9. The average molecular weight is 444 g/mol. The highest BCUT2D eigenvalue weighted by molar-refractivity contribution is 9.10. The van der Waals surface area contributed by atoms with Crippen LogP contribution in [0.5, 0.6) is 0 Å². The molecule has 0 atom stereocenters. The molecule has 0 saturated carbocycles. The van der Waals surface area contributed by atoms with E-state index in [0.29, 0.717) is 13.0 Å². The highest BCUT2D eigenvalue weighted by Crippen LogP contribution is 2.14. The number of allylic oxidation sites excluding steroid dienone is 1. The van der Waals surface area contributed by atoms with Crippen LogP contribution in [0.2, 0.25) is 0 Å². The Balaban J connectivity index is 1.55. The number of benzene rings is 2. The van der Waals surface area contributed by atoms with E-state index in [4.69, 9.17) is 4.74 Å². The minimum absolute atomic E-state index is 0.129. The third-order valence-corrected chi connectivity index (χ3v) is 4.91. The number of aryl methyl sites for hydroxylation is 1. The van der Waals surface area contributed by atoms with Crippen LogP contribution in [0, 0.1) is 0 Å². The number of esters is 1. The van der Waals surface area contributed by atoms with Gasteiger partial charge in [0, 0.05) is 23.1 Å². The van der Waals surface area contributed by atoms with Gasteiger partial charge in [-0.25, -0.2) is 0 Å². The Hall–Kier alpha value is -2.07. The summed E-state index contributed by atoms with van der Waals surface area (Å²) in [5.41, 5.74) is 3.53. The van der Waals surface area contributed by atoms with Crippen molar-refractivity contribution in [3.8, 4) is 0 Å². The van der Waals surface area contributed by atoms with Gasteiger partial charge >= 0.3 is 5.97 Å². The molecule has 0 aromatic heterocycles. The fourth-order valence-electron chi connectivity index (χ4n) is 2.90. The number of nitrogens with one attached hydrogen (secondary N) is 1. The van der Waals surface area contributed by atoms with E-state index in [1.54, 1.807) is 0 Å². The maximum atomic E-state index is 11.4. The summed E-state index contributed by atoms with van der Waals surface area (Å²) in [4.78, 5) is 11.4. The van der Waals surface area contributed by atoms with Crippen LogP contribution in [-0.2, 0) is 16.0 Å². The first-order valence-electron chi connectivity index (χ1n) is 10.1. The van der Waals surface area contributed by atoms with Gasteiger partial charge in [0.1, 0.15) is 0 Å². The van der Waals surface area contributed by atoms with Crippen molar-refractivity contribution in [1.29, 1.82) is 0 Å². The molecule has 0 bridgehead atoms. The van der Waals surface area contributed by atoms with Crippen molar-refractivity contribution < 1.29 is 9.53 Å². The van der Waals surface area contributed by atoms with Crippen LogP contribution in [-0.4, -0.2) is 19.1 Å². The molecule has 0 saturated heterocycles. The van der Waals surface area contributed by atoms with Gasteiger partial charge in [0.05, 0.1) is 6.61 Å². The van der Waals surface area contributed by atoms with E-state index >= 15 is 0 Å². The summed E-state index contributed by atoms with van der Waals surface area (Å²) in [6, 6.07) is 16.7. The van der Waals surface area contributed by atoms with E-state index in [1.165, 1.54) is 18.4 Å². The molecule has 0 radical (unpaired) electrons. The molecule has 0 fully saturated rings. The van der Waals surface area contributed by atoms with Gasteiger partial charge < -0.3 is 10.1 Å². The molecule has 0 aliphatic carbocycles. The second kappa shape index (κ2) is 13.2. The molecular weight excluding hydrogens is 414 g/mol. The van der Waals surface area contributed by atoms with Crippen molar-refractivity contribution in [2.24, 2.45) is 0 Å². The Morgan fingerprint density at radius 2 is 1.93 bits per heavy atom. The highest BCUT2D eigenvalue weighted by atomic mass is 79.9. The number of carbonyl (C=O) groups is 1. The number of unbranched alkanes of at least 4 members (excludes halogenated alkanes) is 3. The summed E-state index contributed by atoms with van der Waals surface area (Å²) >= 11 is 3.50. The first-order chi connectivity index (χ1) is 13.7. The molecule has 0 unspecified atom stereocenters. The van der Waals surface area contributed by atoms with E-state index in [9.17, 15) is 4.79 Å². The molecule has 0 aliphatic rings. The van der Waals surface area contributed by atoms with Gasteiger partial charge in [0.25, 0.3) is 0 Å². The number of ether oxygens (including phenoxy) is 1. The third kappa shape index (κ3) is 9.23. The third-order valence-electron chi connectivity index (χ3n) is 4.41. The quantitative estimate of drug-likeness (QED) is 0.295. The lowest BCUT2D eigenvalue weighted by Gasteiger charge is -2.07. The Morgan fingerprint density at radius 3 is 2.68 bits per heavy atom. The fourth-order valence-corrected chi connectivity index (χ4v) is 3.31. The monoisotopic (exact) mass is 443 g/mol. The van der Waals surface area contributed by atoms with Gasteiger partial charge in [-0.3, -0.25) is 4.79 Å². The van der Waals surface area contributed by atoms with Crippen molar-refractivity contribution >= 4 is 33.7 Å². The van der Waals surface area contributed by atoms with Crippen LogP contribution in [0.4, 0.5) is 5.69 Å². The number of hydrogen-bond donors (Lipinski definition) is 1. The van der Waals surface area contributed by atoms with E-state index in [-0.39, 0.29) is 5.97 Å². The number of hydrogen-bond acceptors (Lipinski definition) is 3. The molecule has 2 rings (SSSR count). The second-order valence-corrected chi connectivity index (χ2v) is 7.65. The van der Waals surface area contributed by atoms with Crippen LogP contribution in [0.15, 0.2) is 59.1 Å². The zero-order valence-electron chi connectivity index (χ0n) is 16.6. The van der Waals surface area contributed by atoms with Gasteiger partial charge in [-0.15, -0.1) is 0 Å². The van der Waals surface area contributed by atoms with Crippen molar-refractivity contribution in [3.05, 3.63) is 70.2 Å². The van der Waals surface area contributed by atoms with Crippen LogP contribution in [0.3, 0.4) is 0 Å². The molecule has 150 valence electrons. The standard InChI is InChI=1S/C24H30BrNO2/c1-2-28-24(27)17-14-20-12-15-23(16-13-20)26-18-7-5-3-4-6-9-21-10-8-11-22(25)19-21/h6,8-13,15-16,19,26H,2-5,7,14,17-18H2,1H3. The minimum Gasteiger partial charge on any atom is -0.466 e. The van der Waals surface area contributed by atoms with Gasteiger partial charge in [-0.05, 0) is 68.0 Å². The summed E-state index contributed by atoms with van der Waals surface area (Å²) < 4.78 is 6.08. The molecule has 2 aromatic rings. The molecule has 4 heteroatoms. The van der Waals surface area contributed by atoms with E-state index in [1.807, 2.05) is 13.0 Å². The summed E-state index contributed by atoms with van der Waals surface area (Å²) in [5.74, 6) is -0.129. The maximum absolute atomic E-state index is 11.4. The van der Waals surface area contributed by atoms with Gasteiger partial charge in [-0.1, -0.05) is 58.8 Å². The Kier molecular flexibility index (Phi) is 10.4. The number of halogens is 1. The van der Waals surface area contributed by atoms with Gasteiger partial charge in [-0.2, -0.15) is 0 Å². The van der Waals surface area contributed by atoms with Crippen LogP contribution >= 0.6 is 15.9 Å². The molecule has 0 heterocycles. The van der Waals surface area contributed by atoms with E-state index in [0.717, 1.165) is 41.5 Å². The molecule has 0 amide bonds. The molecule has 3 nitrogen and oxygen atoms in total. The topological polar surface area (TPSA) is 38.3 Å². The Bertz CT molecular complexity index is 741. The number of rotatable bonds is 12. The highest BCUT2D eigenvalue weighted by Gasteiger charge is 2.02. The minimum atomic E-state index is -0.129. The molecule has 0 aliphatic heterocycles. The van der Waals surface area contributed by atoms with Crippen molar-refractivity contribution in [2.75, 3.05) is 18.5 Å². The second-order valence-electron chi connectivity index (χ2n) is 6.74. The SMILES string of the molecule is CCOC(=O)CCc1ccc(NCCCCCC=Cc2cccc(Br)c2)cc1. The lowest BCUT2D eigenvalue weighted by Crippen LogP contribution is -2.05. The lowest BCUT2D eigenvalue weighted by molar-refractivity contribution is -0.143. The first-order valence-corrected chi connectivity index (χ1v) is 10.9. The van der Waals surface area contributed by atoms with Crippen LogP contribution in [0.25, 0.3) is 6.08 Å². The molecule has 1 N–H and O–H groups in total. The zero-order chi connectivity index (χ0) is 20.0. The number of carbonyl (C=O) groups excluding carboxylic acids is 1. The summed E-state index contributed by atoms with van der Waals surface area (Å²) in [5, 5.41) is 3.47. The maximum Gasteiger partial charge on any atom is 0.306 e. The molecule has 0 spiro atoms. The van der Waals surface area contributed by atoms with Crippen molar-refractivity contribution in [2.45, 2.75) is 45.4 Å². The van der Waals surface area contributed by atoms with E-state index in [2.05, 4.69) is 75.9 Å². The lowest BCUT2D eigenvalue weighted by atomic mass is 10.1. The van der Waals surface area contributed by atoms with Gasteiger partial charge in [0.2, 0.25) is 0 Å². The Morgan fingerprint density at radius 1 is 1.11 bits per heavy atom. The van der Waals surface area contributed by atoms with Crippen LogP contribution < -0.4 is 5.32 Å². The molecular formula is C24H30BrNO2. The van der Waals surface area contributed by atoms with Crippen molar-refractivity contribution in [3.63, 3.8) is 0 Å². The fraction of sp³-hybridized carbons (Fsp3) is 0.375. The predicted molar refractivity (Wildman–Crippen MR) is 122 cm³/mol. The predicted octanol–water partition coefficient (Wildman–Crippen LogP) is 6.63. The summed E-state index contributed by atoms with van der Waals surface area (Å²) in [6.07, 6.45) is 10.3. The largest absolute Gasteiger partial charge is 0.466 e. The zero-order valence-corrected chi connectivity index (χ0v) is 18.2. The Labute approximate surface area is 177 Å². The van der Waals surface area contributed by atoms with E-state index < -0.39 is 0 Å². The van der Waals surface area contributed by atoms with Gasteiger partial charge in [0.15, 0.2) is 0 Å². The summed E-state index contributed by atoms with van der Waals surface area (Å²) in [6.45, 7) is 3.26. The summed E-state index contributed by atoms with van der Waals surface area (Å²) in [7, 11) is 0. The first kappa shape index (κ1) is 22.2. The number of anilines is 1. The van der Waals surface area contributed by atoms with Crippen molar-refractivity contribution in [1.82, 2.24) is 0 Å². The molecule has 2 aromatic carbocycles. The average Bonchev–Trinajstić information content (AvgIpc) is 2.69. The van der Waals surface area contributed by atoms with Crippen LogP contribution in [0.1, 0.15) is 50.2 Å². The molecule has 28 heavy (non-hydrogen) atoms. The smallest absolute Gasteiger partial charge is 0.306 e.